The molecule has 0 radical (unpaired) electrons. The SMILES string of the molecule is NCCCCCCNOC(=O)c1ccc(C(=O)O)cc1. The van der Waals surface area contributed by atoms with E-state index in [2.05, 4.69) is 5.48 Å². The van der Waals surface area contributed by atoms with E-state index in [-0.39, 0.29) is 5.56 Å². The van der Waals surface area contributed by atoms with Crippen LogP contribution in [0.1, 0.15) is 46.4 Å². The number of benzene rings is 1. The average Bonchev–Trinajstić information content (AvgIpc) is 2.46. The summed E-state index contributed by atoms with van der Waals surface area (Å²) in [6.07, 6.45) is 4.03. The molecule has 0 saturated heterocycles. The number of rotatable bonds is 9. The van der Waals surface area contributed by atoms with Gasteiger partial charge in [-0.05, 0) is 43.7 Å². The predicted molar refractivity (Wildman–Crippen MR) is 74.3 cm³/mol. The highest BCUT2D eigenvalue weighted by Crippen LogP contribution is 2.05. The minimum Gasteiger partial charge on any atom is -0.478 e. The van der Waals surface area contributed by atoms with Crippen LogP contribution in [0.2, 0.25) is 0 Å². The summed E-state index contributed by atoms with van der Waals surface area (Å²) in [5, 5.41) is 8.74. The van der Waals surface area contributed by atoms with E-state index in [0.717, 1.165) is 25.7 Å². The Bertz CT molecular complexity index is 431. The molecule has 0 saturated carbocycles. The zero-order chi connectivity index (χ0) is 14.8. The Balaban J connectivity index is 2.24. The van der Waals surface area contributed by atoms with Gasteiger partial charge in [-0.25, -0.2) is 9.59 Å². The standard InChI is InChI=1S/C14H20N2O4/c15-9-3-1-2-4-10-16-20-14(19)12-7-5-11(6-8-12)13(17)18/h5-8,16H,1-4,9-10,15H2,(H,17,18). The molecule has 1 aromatic rings. The minimum absolute atomic E-state index is 0.134. The Labute approximate surface area is 117 Å². The third kappa shape index (κ3) is 5.81. The molecule has 0 atom stereocenters. The Morgan fingerprint density at radius 3 is 2.25 bits per heavy atom. The average molecular weight is 280 g/mol. The van der Waals surface area contributed by atoms with Crippen molar-refractivity contribution >= 4 is 11.9 Å². The van der Waals surface area contributed by atoms with Gasteiger partial charge in [-0.15, -0.1) is 0 Å². The maximum absolute atomic E-state index is 11.6. The summed E-state index contributed by atoms with van der Waals surface area (Å²) in [5.74, 6) is -1.55. The number of aromatic carboxylic acids is 1. The van der Waals surface area contributed by atoms with Gasteiger partial charge in [0.25, 0.3) is 0 Å². The number of unbranched alkanes of at least 4 members (excludes halogenated alkanes) is 3. The van der Waals surface area contributed by atoms with Crippen molar-refractivity contribution in [3.63, 3.8) is 0 Å². The van der Waals surface area contributed by atoms with Crippen LogP contribution in [0, 0.1) is 0 Å². The highest BCUT2D eigenvalue weighted by atomic mass is 16.7. The minimum atomic E-state index is -1.03. The van der Waals surface area contributed by atoms with Crippen molar-refractivity contribution in [3.05, 3.63) is 35.4 Å². The Morgan fingerprint density at radius 1 is 1.05 bits per heavy atom. The highest BCUT2D eigenvalue weighted by Gasteiger charge is 2.08. The molecule has 6 heteroatoms. The Morgan fingerprint density at radius 2 is 1.65 bits per heavy atom. The topological polar surface area (TPSA) is 102 Å². The molecule has 1 rings (SSSR count). The van der Waals surface area contributed by atoms with Gasteiger partial charge in [0, 0.05) is 6.54 Å². The molecule has 0 aliphatic carbocycles. The molecule has 1 aromatic carbocycles. The van der Waals surface area contributed by atoms with Gasteiger partial charge in [-0.1, -0.05) is 12.8 Å². The van der Waals surface area contributed by atoms with Crippen LogP contribution >= 0.6 is 0 Å². The number of nitrogens with one attached hydrogen (secondary N) is 1. The lowest BCUT2D eigenvalue weighted by molar-refractivity contribution is 0.0250. The molecule has 0 bridgehead atoms. The molecule has 20 heavy (non-hydrogen) atoms. The number of nitrogens with two attached hydrogens (primary N) is 1. The van der Waals surface area contributed by atoms with Gasteiger partial charge in [-0.3, -0.25) is 0 Å². The van der Waals surface area contributed by atoms with E-state index in [9.17, 15) is 9.59 Å². The van der Waals surface area contributed by atoms with Crippen molar-refractivity contribution in [2.75, 3.05) is 13.1 Å². The van der Waals surface area contributed by atoms with Gasteiger partial charge in [0.1, 0.15) is 0 Å². The van der Waals surface area contributed by atoms with Crippen LogP contribution < -0.4 is 11.2 Å². The van der Waals surface area contributed by atoms with Gasteiger partial charge in [0.05, 0.1) is 11.1 Å². The second kappa shape index (κ2) is 9.06. The van der Waals surface area contributed by atoms with E-state index in [1.807, 2.05) is 0 Å². The van der Waals surface area contributed by atoms with Crippen LogP contribution in [0.4, 0.5) is 0 Å². The Kier molecular flexibility index (Phi) is 7.31. The van der Waals surface area contributed by atoms with E-state index in [1.165, 1.54) is 24.3 Å². The van der Waals surface area contributed by atoms with Gasteiger partial charge in [0.2, 0.25) is 0 Å². The molecule has 0 aromatic heterocycles. The first-order chi connectivity index (χ1) is 9.65. The molecule has 4 N–H and O–H groups in total. The zero-order valence-corrected chi connectivity index (χ0v) is 11.3. The quantitative estimate of drug-likeness (QED) is 0.469. The fourth-order valence-electron chi connectivity index (χ4n) is 1.62. The highest BCUT2D eigenvalue weighted by molar-refractivity contribution is 5.92. The molecule has 0 fully saturated rings. The third-order valence-electron chi connectivity index (χ3n) is 2.77. The molecular weight excluding hydrogens is 260 g/mol. The lowest BCUT2D eigenvalue weighted by Crippen LogP contribution is -2.21. The van der Waals surface area contributed by atoms with Crippen molar-refractivity contribution in [2.24, 2.45) is 5.73 Å². The first kappa shape index (κ1) is 16.1. The molecule has 6 nitrogen and oxygen atoms in total. The summed E-state index contributed by atoms with van der Waals surface area (Å²) >= 11 is 0. The Hall–Kier alpha value is -1.92. The fraction of sp³-hybridized carbons (Fsp3) is 0.429. The molecular formula is C14H20N2O4. The van der Waals surface area contributed by atoms with Crippen LogP contribution in [0.3, 0.4) is 0 Å². The molecule has 0 aliphatic heterocycles. The first-order valence-electron chi connectivity index (χ1n) is 6.62. The molecule has 110 valence electrons. The maximum atomic E-state index is 11.6. The number of hydrogen-bond acceptors (Lipinski definition) is 5. The van der Waals surface area contributed by atoms with Gasteiger partial charge >= 0.3 is 11.9 Å². The van der Waals surface area contributed by atoms with Crippen LogP contribution in [0.15, 0.2) is 24.3 Å². The van der Waals surface area contributed by atoms with Crippen LogP contribution in [0.25, 0.3) is 0 Å². The van der Waals surface area contributed by atoms with Crippen molar-refractivity contribution in [1.29, 1.82) is 0 Å². The van der Waals surface area contributed by atoms with Crippen molar-refractivity contribution in [3.8, 4) is 0 Å². The largest absolute Gasteiger partial charge is 0.478 e. The molecule has 0 spiro atoms. The van der Waals surface area contributed by atoms with Crippen molar-refractivity contribution in [1.82, 2.24) is 5.48 Å². The smallest absolute Gasteiger partial charge is 0.356 e. The normalized spacial score (nSPS) is 10.2. The molecule has 0 amide bonds. The monoisotopic (exact) mass is 280 g/mol. The summed E-state index contributed by atoms with van der Waals surface area (Å²) in [6.45, 7) is 1.29. The van der Waals surface area contributed by atoms with Crippen molar-refractivity contribution < 1.29 is 19.5 Å². The van der Waals surface area contributed by atoms with Gasteiger partial charge in [-0.2, -0.15) is 5.48 Å². The van der Waals surface area contributed by atoms with Crippen molar-refractivity contribution in [2.45, 2.75) is 25.7 Å². The summed E-state index contributed by atoms with van der Waals surface area (Å²) in [6, 6.07) is 5.58. The number of hydroxylamine groups is 1. The first-order valence-corrected chi connectivity index (χ1v) is 6.62. The van der Waals surface area contributed by atoms with Gasteiger partial charge < -0.3 is 15.7 Å². The summed E-state index contributed by atoms with van der Waals surface area (Å²) in [5.41, 5.74) is 8.43. The van der Waals surface area contributed by atoms with Crippen LogP contribution in [-0.2, 0) is 4.84 Å². The van der Waals surface area contributed by atoms with Crippen LogP contribution in [-0.4, -0.2) is 30.1 Å². The number of carboxylic acids is 1. The van der Waals surface area contributed by atoms with E-state index in [0.29, 0.717) is 18.7 Å². The van der Waals surface area contributed by atoms with Crippen LogP contribution in [0.5, 0.6) is 0 Å². The predicted octanol–water partition coefficient (Wildman–Crippen LogP) is 1.57. The number of carbonyl (C=O) groups is 2. The summed E-state index contributed by atoms with van der Waals surface area (Å²) in [4.78, 5) is 27.2. The van der Waals surface area contributed by atoms with E-state index >= 15 is 0 Å². The van der Waals surface area contributed by atoms with E-state index in [4.69, 9.17) is 15.7 Å². The van der Waals surface area contributed by atoms with E-state index < -0.39 is 11.9 Å². The second-order valence-corrected chi connectivity index (χ2v) is 4.37. The zero-order valence-electron chi connectivity index (χ0n) is 11.3. The number of carbonyl (C=O) groups excluding carboxylic acids is 1. The number of hydrogen-bond donors (Lipinski definition) is 3. The maximum Gasteiger partial charge on any atom is 0.356 e. The van der Waals surface area contributed by atoms with E-state index in [1.54, 1.807) is 0 Å². The summed E-state index contributed by atoms with van der Waals surface area (Å²) < 4.78 is 0. The molecule has 0 heterocycles. The lowest BCUT2D eigenvalue weighted by atomic mass is 10.1. The second-order valence-electron chi connectivity index (χ2n) is 4.37. The number of carboxylic acid groups (broad SMARTS) is 1. The van der Waals surface area contributed by atoms with Gasteiger partial charge in [0.15, 0.2) is 0 Å². The molecule has 0 aliphatic rings. The lowest BCUT2D eigenvalue weighted by Gasteiger charge is -2.06. The summed E-state index contributed by atoms with van der Waals surface area (Å²) in [7, 11) is 0. The fourth-order valence-corrected chi connectivity index (χ4v) is 1.62. The molecule has 0 unspecified atom stereocenters. The third-order valence-corrected chi connectivity index (χ3v) is 2.77.